The second-order valence-electron chi connectivity index (χ2n) is 7.33. The number of rotatable bonds is 5. The predicted octanol–water partition coefficient (Wildman–Crippen LogP) is 2.97. The number of fused-ring (bicyclic) bond motifs is 2. The molecule has 2 amide bonds. The number of carboxylic acid groups (broad SMARTS) is 1. The van der Waals surface area contributed by atoms with E-state index in [1.54, 1.807) is 47.8 Å². The number of thioether (sulfide) groups is 2. The Labute approximate surface area is 181 Å². The van der Waals surface area contributed by atoms with Crippen LogP contribution >= 0.6 is 23.5 Å². The van der Waals surface area contributed by atoms with Gasteiger partial charge < -0.3 is 10.4 Å². The number of nitrogens with one attached hydrogen (secondary N) is 1. The molecule has 30 heavy (non-hydrogen) atoms. The van der Waals surface area contributed by atoms with Crippen molar-refractivity contribution < 1.29 is 19.5 Å². The van der Waals surface area contributed by atoms with Crippen LogP contribution in [0.15, 0.2) is 76.8 Å². The van der Waals surface area contributed by atoms with Gasteiger partial charge in [-0.05, 0) is 36.3 Å². The van der Waals surface area contributed by atoms with Gasteiger partial charge in [0.2, 0.25) is 0 Å². The molecule has 0 aromatic heterocycles. The quantitative estimate of drug-likeness (QED) is 0.698. The number of benzene rings is 2. The first kappa shape index (κ1) is 19.3. The van der Waals surface area contributed by atoms with Crippen molar-refractivity contribution in [3.8, 4) is 0 Å². The number of β-lactam (4-membered cyclic amide) rings is 1. The zero-order chi connectivity index (χ0) is 20.8. The Morgan fingerprint density at radius 3 is 2.40 bits per heavy atom. The number of hydrogen-bond acceptors (Lipinski definition) is 5. The SMILES string of the molecule is O=C(O)C1=C2C[C@H](Sc3ccccc3)[C@@H]2S[C@@H]2[C@H](NC(=O)c3ccccc3)C(=O)N12. The molecule has 2 heterocycles. The minimum absolute atomic E-state index is 0.0202. The zero-order valence-electron chi connectivity index (χ0n) is 15.7. The highest BCUT2D eigenvalue weighted by Crippen LogP contribution is 2.56. The summed E-state index contributed by atoms with van der Waals surface area (Å²) in [6.07, 6.45) is 0.649. The number of carboxylic acids is 1. The summed E-state index contributed by atoms with van der Waals surface area (Å²) in [7, 11) is 0. The van der Waals surface area contributed by atoms with E-state index in [2.05, 4.69) is 5.32 Å². The Balaban J connectivity index is 1.36. The maximum absolute atomic E-state index is 12.7. The molecule has 152 valence electrons. The average Bonchev–Trinajstić information content (AvgIpc) is 2.76. The molecule has 1 aliphatic carbocycles. The molecule has 8 heteroatoms. The minimum Gasteiger partial charge on any atom is -0.477 e. The second-order valence-corrected chi connectivity index (χ2v) is 9.90. The Hall–Kier alpha value is -2.71. The summed E-state index contributed by atoms with van der Waals surface area (Å²) in [5.74, 6) is -1.77. The first-order valence-electron chi connectivity index (χ1n) is 9.57. The summed E-state index contributed by atoms with van der Waals surface area (Å²) in [6.45, 7) is 0. The molecule has 0 bridgehead atoms. The molecule has 0 spiro atoms. The zero-order valence-corrected chi connectivity index (χ0v) is 17.4. The van der Waals surface area contributed by atoms with E-state index in [0.717, 1.165) is 10.5 Å². The van der Waals surface area contributed by atoms with Crippen LogP contribution in [-0.4, -0.2) is 49.7 Å². The molecule has 3 aliphatic rings. The van der Waals surface area contributed by atoms with Gasteiger partial charge in [-0.25, -0.2) is 4.79 Å². The summed E-state index contributed by atoms with van der Waals surface area (Å²) < 4.78 is 0. The molecule has 0 radical (unpaired) electrons. The fraction of sp³-hybridized carbons (Fsp3) is 0.227. The number of amides is 2. The van der Waals surface area contributed by atoms with Crippen LogP contribution in [0, 0.1) is 0 Å². The molecule has 2 aromatic rings. The maximum Gasteiger partial charge on any atom is 0.352 e. The van der Waals surface area contributed by atoms with Gasteiger partial charge in [-0.2, -0.15) is 0 Å². The van der Waals surface area contributed by atoms with Gasteiger partial charge in [0.15, 0.2) is 0 Å². The molecule has 2 aromatic carbocycles. The van der Waals surface area contributed by atoms with Crippen molar-refractivity contribution in [1.82, 2.24) is 10.2 Å². The monoisotopic (exact) mass is 438 g/mol. The molecule has 5 rings (SSSR count). The fourth-order valence-electron chi connectivity index (χ4n) is 4.02. The van der Waals surface area contributed by atoms with Crippen LogP contribution in [0.4, 0.5) is 0 Å². The molecule has 2 N–H and O–H groups in total. The van der Waals surface area contributed by atoms with Crippen molar-refractivity contribution >= 4 is 41.3 Å². The van der Waals surface area contributed by atoms with Gasteiger partial charge in [0.05, 0.1) is 0 Å². The van der Waals surface area contributed by atoms with Crippen molar-refractivity contribution in [3.05, 3.63) is 77.5 Å². The van der Waals surface area contributed by atoms with Crippen LogP contribution in [0.1, 0.15) is 16.8 Å². The lowest BCUT2D eigenvalue weighted by molar-refractivity contribution is -0.149. The van der Waals surface area contributed by atoms with Crippen LogP contribution in [0.5, 0.6) is 0 Å². The smallest absolute Gasteiger partial charge is 0.352 e. The fourth-order valence-corrected chi connectivity index (χ4v) is 7.21. The van der Waals surface area contributed by atoms with Crippen LogP contribution in [0.2, 0.25) is 0 Å². The maximum atomic E-state index is 12.7. The van der Waals surface area contributed by atoms with E-state index >= 15 is 0 Å². The summed E-state index contributed by atoms with van der Waals surface area (Å²) in [5, 5.41) is 12.4. The lowest BCUT2D eigenvalue weighted by atomic mass is 9.86. The first-order valence-corrected chi connectivity index (χ1v) is 11.4. The minimum atomic E-state index is -1.08. The number of hydrogen-bond donors (Lipinski definition) is 2. The molecule has 6 nitrogen and oxygen atoms in total. The molecule has 1 saturated carbocycles. The van der Waals surface area contributed by atoms with Gasteiger partial charge >= 0.3 is 5.97 Å². The molecule has 2 fully saturated rings. The molecule has 0 unspecified atom stereocenters. The van der Waals surface area contributed by atoms with E-state index in [0.29, 0.717) is 12.0 Å². The highest BCUT2D eigenvalue weighted by molar-refractivity contribution is 8.04. The lowest BCUT2D eigenvalue weighted by Crippen LogP contribution is -2.72. The van der Waals surface area contributed by atoms with Crippen molar-refractivity contribution in [2.75, 3.05) is 0 Å². The molecular formula is C22H18N2O4S2. The van der Waals surface area contributed by atoms with Gasteiger partial charge in [0.25, 0.3) is 11.8 Å². The van der Waals surface area contributed by atoms with Crippen molar-refractivity contribution in [1.29, 1.82) is 0 Å². The second kappa shape index (κ2) is 7.52. The molecule has 1 saturated heterocycles. The van der Waals surface area contributed by atoms with Crippen LogP contribution in [-0.2, 0) is 9.59 Å². The Kier molecular flexibility index (Phi) is 4.83. The number of carbonyl (C=O) groups is 3. The van der Waals surface area contributed by atoms with Gasteiger partial charge in [0, 0.05) is 21.0 Å². The van der Waals surface area contributed by atoms with Gasteiger partial charge in [-0.15, -0.1) is 23.5 Å². The van der Waals surface area contributed by atoms with Gasteiger partial charge in [-0.1, -0.05) is 36.4 Å². The van der Waals surface area contributed by atoms with E-state index < -0.39 is 17.4 Å². The Bertz CT molecular complexity index is 1060. The van der Waals surface area contributed by atoms with Crippen molar-refractivity contribution in [2.24, 2.45) is 0 Å². The standard InChI is InChI=1S/C22H18N2O4S2/c25-19(12-7-3-1-4-8-12)23-16-20(26)24-17(22(27)28)14-11-15(18(14)30-21(16)24)29-13-9-5-2-6-10-13/h1-10,15-16,18,21H,11H2,(H,23,25)(H,27,28)/t15-,16+,18+,21+/m0/s1. The largest absolute Gasteiger partial charge is 0.477 e. The van der Waals surface area contributed by atoms with Crippen LogP contribution in [0.3, 0.4) is 0 Å². The summed E-state index contributed by atoms with van der Waals surface area (Å²) >= 11 is 3.31. The van der Waals surface area contributed by atoms with Gasteiger partial charge in [-0.3, -0.25) is 14.5 Å². The van der Waals surface area contributed by atoms with E-state index in [-0.39, 0.29) is 28.0 Å². The Morgan fingerprint density at radius 2 is 1.73 bits per heavy atom. The average molecular weight is 439 g/mol. The number of nitrogens with zero attached hydrogens (tertiary/aromatic N) is 1. The van der Waals surface area contributed by atoms with E-state index in [1.807, 2.05) is 36.4 Å². The number of carbonyl (C=O) groups excluding carboxylic acids is 2. The lowest BCUT2D eigenvalue weighted by Gasteiger charge is -2.55. The van der Waals surface area contributed by atoms with E-state index in [9.17, 15) is 19.5 Å². The van der Waals surface area contributed by atoms with Crippen molar-refractivity contribution in [2.45, 2.75) is 33.2 Å². The van der Waals surface area contributed by atoms with Crippen molar-refractivity contribution in [3.63, 3.8) is 0 Å². The summed E-state index contributed by atoms with van der Waals surface area (Å²) in [4.78, 5) is 39.7. The van der Waals surface area contributed by atoms with Crippen LogP contribution < -0.4 is 5.32 Å². The molecule has 2 aliphatic heterocycles. The first-order chi connectivity index (χ1) is 14.5. The summed E-state index contributed by atoms with van der Waals surface area (Å²) in [6, 6.07) is 18.0. The molecule has 4 atom stereocenters. The third-order valence-electron chi connectivity index (χ3n) is 5.53. The van der Waals surface area contributed by atoms with E-state index in [1.165, 1.54) is 4.90 Å². The molecular weight excluding hydrogens is 420 g/mol. The van der Waals surface area contributed by atoms with E-state index in [4.69, 9.17) is 0 Å². The highest BCUT2D eigenvalue weighted by atomic mass is 32.2. The predicted molar refractivity (Wildman–Crippen MR) is 115 cm³/mol. The van der Waals surface area contributed by atoms with Crippen LogP contribution in [0.25, 0.3) is 0 Å². The summed E-state index contributed by atoms with van der Waals surface area (Å²) in [5.41, 5.74) is 1.39. The normalized spacial score (nSPS) is 26.8. The third-order valence-corrected chi connectivity index (χ3v) is 8.66. The third kappa shape index (κ3) is 3.11. The topological polar surface area (TPSA) is 86.7 Å². The Morgan fingerprint density at radius 1 is 1.07 bits per heavy atom. The highest BCUT2D eigenvalue weighted by Gasteiger charge is 2.59. The number of aliphatic carboxylic acids is 1. The van der Waals surface area contributed by atoms with Gasteiger partial charge in [0.1, 0.15) is 17.1 Å².